The summed E-state index contributed by atoms with van der Waals surface area (Å²) in [5.41, 5.74) is 0. The Morgan fingerprint density at radius 3 is 2.61 bits per heavy atom. The lowest BCUT2D eigenvalue weighted by molar-refractivity contribution is 0.227. The van der Waals surface area contributed by atoms with Crippen molar-refractivity contribution < 1.29 is 0 Å². The first-order valence-electron chi connectivity index (χ1n) is 7.31. The summed E-state index contributed by atoms with van der Waals surface area (Å²) in [5.74, 6) is 0. The second-order valence-electron chi connectivity index (χ2n) is 5.95. The zero-order valence-corrected chi connectivity index (χ0v) is 11.7. The van der Waals surface area contributed by atoms with Gasteiger partial charge in [0.05, 0.1) is 6.07 Å². The minimum atomic E-state index is -0.0256. The predicted octanol–water partition coefficient (Wildman–Crippen LogP) is 1.05. The molecule has 2 fully saturated rings. The van der Waals surface area contributed by atoms with E-state index in [1.807, 2.05) is 0 Å². The van der Waals surface area contributed by atoms with Gasteiger partial charge in [0.15, 0.2) is 0 Å². The lowest BCUT2D eigenvalue weighted by atomic mass is 10.2. The van der Waals surface area contributed by atoms with Gasteiger partial charge >= 0.3 is 0 Å². The molecule has 2 heterocycles. The van der Waals surface area contributed by atoms with Crippen LogP contribution in [0, 0.1) is 11.3 Å². The molecular formula is C14H26N4. The van der Waals surface area contributed by atoms with Crippen molar-refractivity contribution in [2.75, 3.05) is 32.7 Å². The molecule has 2 saturated heterocycles. The van der Waals surface area contributed by atoms with Crippen LogP contribution in [0.25, 0.3) is 0 Å². The maximum absolute atomic E-state index is 9.16. The highest BCUT2D eigenvalue weighted by Gasteiger charge is 2.30. The van der Waals surface area contributed by atoms with Crippen LogP contribution in [0.1, 0.15) is 33.1 Å². The maximum atomic E-state index is 9.16. The third-order valence-electron chi connectivity index (χ3n) is 4.04. The van der Waals surface area contributed by atoms with Gasteiger partial charge in [0, 0.05) is 25.2 Å². The van der Waals surface area contributed by atoms with Crippen LogP contribution in [0.15, 0.2) is 0 Å². The lowest BCUT2D eigenvalue weighted by Gasteiger charge is -2.25. The van der Waals surface area contributed by atoms with Crippen LogP contribution in [0.2, 0.25) is 0 Å². The average molecular weight is 250 g/mol. The lowest BCUT2D eigenvalue weighted by Crippen LogP contribution is -2.43. The normalized spacial score (nSPS) is 27.8. The Bertz CT molecular complexity index is 291. The SMILES string of the molecule is CC(C)NC(C#N)CN1CCC(N2CCCC2)C1. The summed E-state index contributed by atoms with van der Waals surface area (Å²) in [7, 11) is 0. The molecule has 102 valence electrons. The minimum Gasteiger partial charge on any atom is -0.299 e. The third-order valence-corrected chi connectivity index (χ3v) is 4.04. The van der Waals surface area contributed by atoms with Crippen LogP contribution >= 0.6 is 0 Å². The number of rotatable bonds is 5. The van der Waals surface area contributed by atoms with Crippen molar-refractivity contribution in [1.82, 2.24) is 15.1 Å². The first-order valence-corrected chi connectivity index (χ1v) is 7.31. The van der Waals surface area contributed by atoms with Crippen LogP contribution in [0.5, 0.6) is 0 Å². The minimum absolute atomic E-state index is 0.0256. The van der Waals surface area contributed by atoms with Crippen LogP contribution in [-0.4, -0.2) is 60.6 Å². The largest absolute Gasteiger partial charge is 0.299 e. The highest BCUT2D eigenvalue weighted by Crippen LogP contribution is 2.20. The summed E-state index contributed by atoms with van der Waals surface area (Å²) in [6, 6.07) is 3.48. The van der Waals surface area contributed by atoms with E-state index in [2.05, 4.69) is 35.0 Å². The van der Waals surface area contributed by atoms with Crippen molar-refractivity contribution in [3.8, 4) is 6.07 Å². The highest BCUT2D eigenvalue weighted by atomic mass is 15.3. The van der Waals surface area contributed by atoms with Crippen LogP contribution < -0.4 is 5.32 Å². The Morgan fingerprint density at radius 1 is 1.28 bits per heavy atom. The first kappa shape index (κ1) is 13.8. The fourth-order valence-corrected chi connectivity index (χ4v) is 3.17. The van der Waals surface area contributed by atoms with Crippen molar-refractivity contribution in [3.63, 3.8) is 0 Å². The van der Waals surface area contributed by atoms with E-state index in [0.29, 0.717) is 6.04 Å². The molecule has 0 radical (unpaired) electrons. The first-order chi connectivity index (χ1) is 8.69. The van der Waals surface area contributed by atoms with E-state index in [1.54, 1.807) is 0 Å². The van der Waals surface area contributed by atoms with E-state index in [-0.39, 0.29) is 6.04 Å². The number of hydrogen-bond donors (Lipinski definition) is 1. The molecule has 0 saturated carbocycles. The number of nitriles is 1. The van der Waals surface area contributed by atoms with Gasteiger partial charge in [0.2, 0.25) is 0 Å². The molecule has 18 heavy (non-hydrogen) atoms. The van der Waals surface area contributed by atoms with Gasteiger partial charge in [-0.15, -0.1) is 0 Å². The molecule has 0 aromatic rings. The fourth-order valence-electron chi connectivity index (χ4n) is 3.17. The monoisotopic (exact) mass is 250 g/mol. The molecule has 2 unspecified atom stereocenters. The molecule has 2 aliphatic rings. The van der Waals surface area contributed by atoms with Gasteiger partial charge < -0.3 is 0 Å². The molecule has 2 atom stereocenters. The molecule has 0 bridgehead atoms. The fraction of sp³-hybridized carbons (Fsp3) is 0.929. The topological polar surface area (TPSA) is 42.3 Å². The maximum Gasteiger partial charge on any atom is 0.108 e. The smallest absolute Gasteiger partial charge is 0.108 e. The Kier molecular flexibility index (Phi) is 4.99. The third kappa shape index (κ3) is 3.68. The van der Waals surface area contributed by atoms with E-state index in [1.165, 1.54) is 32.4 Å². The number of hydrogen-bond acceptors (Lipinski definition) is 4. The van der Waals surface area contributed by atoms with Crippen molar-refractivity contribution in [2.45, 2.75) is 51.2 Å². The van der Waals surface area contributed by atoms with Gasteiger partial charge in [-0.25, -0.2) is 0 Å². The van der Waals surface area contributed by atoms with Gasteiger partial charge in [-0.05, 0) is 52.7 Å². The van der Waals surface area contributed by atoms with E-state index in [9.17, 15) is 0 Å². The standard InChI is InChI=1S/C14H26N4/c1-12(2)16-13(9-15)10-17-8-5-14(11-17)18-6-3-4-7-18/h12-14,16H,3-8,10-11H2,1-2H3. The number of nitrogens with zero attached hydrogens (tertiary/aromatic N) is 3. The second-order valence-corrected chi connectivity index (χ2v) is 5.95. The Morgan fingerprint density at radius 2 is 2.00 bits per heavy atom. The summed E-state index contributed by atoms with van der Waals surface area (Å²) in [4.78, 5) is 5.09. The van der Waals surface area contributed by atoms with Crippen LogP contribution in [0.3, 0.4) is 0 Å². The van der Waals surface area contributed by atoms with Crippen molar-refractivity contribution in [1.29, 1.82) is 5.26 Å². The molecule has 4 heteroatoms. The van der Waals surface area contributed by atoms with Crippen LogP contribution in [0.4, 0.5) is 0 Å². The molecule has 0 spiro atoms. The van der Waals surface area contributed by atoms with Crippen LogP contribution in [-0.2, 0) is 0 Å². The van der Waals surface area contributed by atoms with Gasteiger partial charge in [-0.3, -0.25) is 15.1 Å². The summed E-state index contributed by atoms with van der Waals surface area (Å²) < 4.78 is 0. The summed E-state index contributed by atoms with van der Waals surface area (Å²) in [6.45, 7) is 9.94. The molecule has 2 rings (SSSR count). The summed E-state index contributed by atoms with van der Waals surface area (Å²) in [6.07, 6.45) is 4.01. The predicted molar refractivity (Wildman–Crippen MR) is 73.3 cm³/mol. The van der Waals surface area contributed by atoms with Gasteiger partial charge in [-0.2, -0.15) is 5.26 Å². The molecule has 0 amide bonds. The molecule has 0 aromatic heterocycles. The van der Waals surface area contributed by atoms with E-state index < -0.39 is 0 Å². The molecule has 2 aliphatic heterocycles. The average Bonchev–Trinajstić information content (AvgIpc) is 2.97. The van der Waals surface area contributed by atoms with Gasteiger partial charge in [0.25, 0.3) is 0 Å². The molecule has 0 aliphatic carbocycles. The number of nitrogens with one attached hydrogen (secondary N) is 1. The van der Waals surface area contributed by atoms with Crippen molar-refractivity contribution in [3.05, 3.63) is 0 Å². The van der Waals surface area contributed by atoms with Gasteiger partial charge in [0.1, 0.15) is 6.04 Å². The Labute approximate surface area is 111 Å². The second kappa shape index (κ2) is 6.51. The number of likely N-dealkylation sites (tertiary alicyclic amines) is 2. The Balaban J connectivity index is 1.76. The zero-order chi connectivity index (χ0) is 13.0. The van der Waals surface area contributed by atoms with E-state index in [0.717, 1.165) is 25.7 Å². The molecular weight excluding hydrogens is 224 g/mol. The quantitative estimate of drug-likeness (QED) is 0.792. The van der Waals surface area contributed by atoms with Crippen molar-refractivity contribution in [2.24, 2.45) is 0 Å². The summed E-state index contributed by atoms with van der Waals surface area (Å²) >= 11 is 0. The molecule has 0 aromatic carbocycles. The van der Waals surface area contributed by atoms with E-state index in [4.69, 9.17) is 5.26 Å². The molecule has 4 nitrogen and oxygen atoms in total. The van der Waals surface area contributed by atoms with E-state index >= 15 is 0 Å². The van der Waals surface area contributed by atoms with Crippen molar-refractivity contribution >= 4 is 0 Å². The van der Waals surface area contributed by atoms with Gasteiger partial charge in [-0.1, -0.05) is 0 Å². The zero-order valence-electron chi connectivity index (χ0n) is 11.7. The Hall–Kier alpha value is -0.630. The molecule has 1 N–H and O–H groups in total. The summed E-state index contributed by atoms with van der Waals surface area (Å²) in [5, 5.41) is 12.5. The highest BCUT2D eigenvalue weighted by molar-refractivity contribution is 4.95.